The monoisotopic (exact) mass is 211 g/mol. The number of rotatable bonds is 3. The van der Waals surface area contributed by atoms with Crippen molar-refractivity contribution in [1.82, 2.24) is 10.2 Å². The van der Waals surface area contributed by atoms with E-state index < -0.39 is 5.54 Å². The molecule has 0 aromatic rings. The van der Waals surface area contributed by atoms with E-state index in [-0.39, 0.29) is 18.0 Å². The molecule has 15 heavy (non-hydrogen) atoms. The number of hydrogen-bond acceptors (Lipinski definition) is 2. The van der Waals surface area contributed by atoms with Gasteiger partial charge in [0.05, 0.1) is 0 Å². The lowest BCUT2D eigenvalue weighted by molar-refractivity contribution is 0.124. The van der Waals surface area contributed by atoms with Gasteiger partial charge in [-0.15, -0.1) is 0 Å². The van der Waals surface area contributed by atoms with Crippen LogP contribution in [-0.4, -0.2) is 28.3 Å². The molecule has 0 saturated carbocycles. The SMILES string of the molecule is CCC(C)C1(C)C(=N)NC(=O)N1C(C)C. The summed E-state index contributed by atoms with van der Waals surface area (Å²) < 4.78 is 0. The fourth-order valence-corrected chi connectivity index (χ4v) is 2.28. The van der Waals surface area contributed by atoms with Gasteiger partial charge in [-0.25, -0.2) is 4.79 Å². The summed E-state index contributed by atoms with van der Waals surface area (Å²) in [5.74, 6) is 0.613. The third-order valence-corrected chi connectivity index (χ3v) is 3.55. The number of nitrogens with one attached hydrogen (secondary N) is 2. The number of amides is 2. The van der Waals surface area contributed by atoms with Crippen molar-refractivity contribution in [2.45, 2.75) is 52.6 Å². The van der Waals surface area contributed by atoms with E-state index in [1.165, 1.54) is 0 Å². The molecular weight excluding hydrogens is 190 g/mol. The first-order chi connectivity index (χ1) is 6.85. The Labute approximate surface area is 91.5 Å². The van der Waals surface area contributed by atoms with Crippen molar-refractivity contribution >= 4 is 11.9 Å². The van der Waals surface area contributed by atoms with Gasteiger partial charge < -0.3 is 4.90 Å². The Morgan fingerprint density at radius 1 is 1.47 bits per heavy atom. The molecule has 2 amide bonds. The van der Waals surface area contributed by atoms with Gasteiger partial charge in [-0.2, -0.15) is 0 Å². The quantitative estimate of drug-likeness (QED) is 0.738. The van der Waals surface area contributed by atoms with Crippen LogP contribution >= 0.6 is 0 Å². The second-order valence-corrected chi connectivity index (χ2v) is 4.73. The topological polar surface area (TPSA) is 56.2 Å². The molecule has 4 heteroatoms. The lowest BCUT2D eigenvalue weighted by atomic mass is 9.83. The molecule has 2 atom stereocenters. The van der Waals surface area contributed by atoms with Gasteiger partial charge >= 0.3 is 6.03 Å². The van der Waals surface area contributed by atoms with Crippen LogP contribution in [0.3, 0.4) is 0 Å². The Balaban J connectivity index is 3.12. The largest absolute Gasteiger partial charge is 0.323 e. The number of hydrogen-bond donors (Lipinski definition) is 2. The van der Waals surface area contributed by atoms with Crippen LogP contribution in [-0.2, 0) is 0 Å². The lowest BCUT2D eigenvalue weighted by Gasteiger charge is -2.40. The summed E-state index contributed by atoms with van der Waals surface area (Å²) in [7, 11) is 0. The van der Waals surface area contributed by atoms with E-state index in [9.17, 15) is 4.79 Å². The Morgan fingerprint density at radius 3 is 2.40 bits per heavy atom. The van der Waals surface area contributed by atoms with Crippen LogP contribution in [0.2, 0.25) is 0 Å². The molecule has 1 fully saturated rings. The highest BCUT2D eigenvalue weighted by Gasteiger charge is 2.50. The lowest BCUT2D eigenvalue weighted by Crippen LogP contribution is -2.54. The molecule has 0 spiro atoms. The van der Waals surface area contributed by atoms with Crippen LogP contribution in [0.4, 0.5) is 4.79 Å². The summed E-state index contributed by atoms with van der Waals surface area (Å²) in [5, 5.41) is 10.5. The fourth-order valence-electron chi connectivity index (χ4n) is 2.28. The molecule has 0 aromatic carbocycles. The van der Waals surface area contributed by atoms with Gasteiger partial charge in [-0.3, -0.25) is 10.7 Å². The van der Waals surface area contributed by atoms with Gasteiger partial charge in [-0.1, -0.05) is 20.3 Å². The normalized spacial score (nSPS) is 28.5. The number of carbonyl (C=O) groups excluding carboxylic acids is 1. The first kappa shape index (κ1) is 12.0. The minimum atomic E-state index is -0.472. The second kappa shape index (κ2) is 3.83. The van der Waals surface area contributed by atoms with Crippen molar-refractivity contribution < 1.29 is 4.79 Å². The van der Waals surface area contributed by atoms with Crippen molar-refractivity contribution in [2.24, 2.45) is 5.92 Å². The average molecular weight is 211 g/mol. The summed E-state index contributed by atoms with van der Waals surface area (Å²) in [4.78, 5) is 13.5. The minimum absolute atomic E-state index is 0.117. The zero-order valence-corrected chi connectivity index (χ0v) is 10.2. The molecule has 4 nitrogen and oxygen atoms in total. The fraction of sp³-hybridized carbons (Fsp3) is 0.818. The minimum Gasteiger partial charge on any atom is -0.309 e. The summed E-state index contributed by atoms with van der Waals surface area (Å²) in [6.07, 6.45) is 0.955. The van der Waals surface area contributed by atoms with Gasteiger partial charge in [0.1, 0.15) is 11.4 Å². The molecule has 2 unspecified atom stereocenters. The molecule has 86 valence electrons. The van der Waals surface area contributed by atoms with Crippen molar-refractivity contribution in [3.8, 4) is 0 Å². The number of urea groups is 1. The summed E-state index contributed by atoms with van der Waals surface area (Å²) in [6.45, 7) is 10.1. The summed E-state index contributed by atoms with van der Waals surface area (Å²) >= 11 is 0. The van der Waals surface area contributed by atoms with Crippen molar-refractivity contribution in [2.75, 3.05) is 0 Å². The van der Waals surface area contributed by atoms with E-state index in [0.717, 1.165) is 6.42 Å². The molecule has 1 rings (SSSR count). The predicted molar refractivity (Wildman–Crippen MR) is 61.1 cm³/mol. The molecule has 0 aliphatic carbocycles. The first-order valence-corrected chi connectivity index (χ1v) is 5.55. The highest BCUT2D eigenvalue weighted by atomic mass is 16.2. The Hall–Kier alpha value is -1.06. The van der Waals surface area contributed by atoms with E-state index in [1.807, 2.05) is 20.8 Å². The van der Waals surface area contributed by atoms with Crippen LogP contribution in [0.5, 0.6) is 0 Å². The van der Waals surface area contributed by atoms with E-state index in [1.54, 1.807) is 4.90 Å². The Bertz CT molecular complexity index is 288. The molecule has 1 aliphatic heterocycles. The Kier molecular flexibility index (Phi) is 3.07. The van der Waals surface area contributed by atoms with Crippen LogP contribution in [0.1, 0.15) is 41.0 Å². The highest BCUT2D eigenvalue weighted by molar-refractivity contribution is 6.08. The van der Waals surface area contributed by atoms with Crippen LogP contribution < -0.4 is 5.32 Å². The smallest absolute Gasteiger partial charge is 0.309 e. The third-order valence-electron chi connectivity index (χ3n) is 3.55. The van der Waals surface area contributed by atoms with Crippen LogP contribution in [0.25, 0.3) is 0 Å². The van der Waals surface area contributed by atoms with Gasteiger partial charge in [0.25, 0.3) is 0 Å². The van der Waals surface area contributed by atoms with E-state index in [2.05, 4.69) is 19.2 Å². The maximum atomic E-state index is 11.7. The van der Waals surface area contributed by atoms with Gasteiger partial charge in [0.15, 0.2) is 0 Å². The molecule has 1 saturated heterocycles. The Morgan fingerprint density at radius 2 is 2.00 bits per heavy atom. The van der Waals surface area contributed by atoms with Crippen LogP contribution in [0.15, 0.2) is 0 Å². The van der Waals surface area contributed by atoms with E-state index in [0.29, 0.717) is 5.84 Å². The third kappa shape index (κ3) is 1.62. The molecular formula is C11H21N3O. The summed E-state index contributed by atoms with van der Waals surface area (Å²) in [6, 6.07) is -0.0235. The standard InChI is InChI=1S/C11H21N3O/c1-6-8(4)11(5)9(12)13-10(15)14(11)7(2)3/h7-8H,6H2,1-5H3,(H2,12,13,15). The average Bonchev–Trinajstić information content (AvgIpc) is 2.37. The number of amidine groups is 1. The maximum absolute atomic E-state index is 11.7. The van der Waals surface area contributed by atoms with Crippen molar-refractivity contribution in [3.05, 3.63) is 0 Å². The van der Waals surface area contributed by atoms with E-state index in [4.69, 9.17) is 5.41 Å². The highest BCUT2D eigenvalue weighted by Crippen LogP contribution is 2.33. The molecule has 1 aliphatic rings. The second-order valence-electron chi connectivity index (χ2n) is 4.73. The van der Waals surface area contributed by atoms with Gasteiger partial charge in [0.2, 0.25) is 0 Å². The molecule has 2 N–H and O–H groups in total. The van der Waals surface area contributed by atoms with Crippen LogP contribution in [0, 0.1) is 11.3 Å². The van der Waals surface area contributed by atoms with Crippen molar-refractivity contribution in [3.63, 3.8) is 0 Å². The molecule has 1 heterocycles. The molecule has 0 radical (unpaired) electrons. The maximum Gasteiger partial charge on any atom is 0.323 e. The summed E-state index contributed by atoms with van der Waals surface area (Å²) in [5.41, 5.74) is -0.472. The van der Waals surface area contributed by atoms with Crippen molar-refractivity contribution in [1.29, 1.82) is 5.41 Å². The predicted octanol–water partition coefficient (Wildman–Crippen LogP) is 2.20. The number of nitrogens with zero attached hydrogens (tertiary/aromatic N) is 1. The first-order valence-electron chi connectivity index (χ1n) is 5.55. The van der Waals surface area contributed by atoms with Gasteiger partial charge in [0, 0.05) is 6.04 Å². The zero-order valence-electron chi connectivity index (χ0n) is 10.2. The molecule has 0 bridgehead atoms. The zero-order chi connectivity index (χ0) is 11.8. The molecule has 0 aromatic heterocycles. The van der Waals surface area contributed by atoms with Gasteiger partial charge in [-0.05, 0) is 26.7 Å². The number of carbonyl (C=O) groups is 1. The van der Waals surface area contributed by atoms with E-state index >= 15 is 0 Å².